The Morgan fingerprint density at radius 2 is 1.78 bits per heavy atom. The van der Waals surface area contributed by atoms with E-state index in [9.17, 15) is 33.3 Å². The van der Waals surface area contributed by atoms with Gasteiger partial charge in [-0.2, -0.15) is 0 Å². The fourth-order valence-electron chi connectivity index (χ4n) is 9.85. The van der Waals surface area contributed by atoms with E-state index in [2.05, 4.69) is 11.6 Å². The fourth-order valence-corrected chi connectivity index (χ4v) is 12.4. The van der Waals surface area contributed by atoms with Crippen LogP contribution in [0.5, 0.6) is 0 Å². The topological polar surface area (TPSA) is 144 Å². The highest BCUT2D eigenvalue weighted by molar-refractivity contribution is 8.04. The molecule has 0 radical (unpaired) electrons. The number of hydrogen-bond donors (Lipinski definition) is 4. The third-order valence-electron chi connectivity index (χ3n) is 12.0. The molecule has 0 aromatic heterocycles. The number of anilines is 1. The van der Waals surface area contributed by atoms with Crippen LogP contribution in [-0.2, 0) is 19.6 Å². The molecule has 0 aliphatic heterocycles. The molecule has 9 nitrogen and oxygen atoms in total. The van der Waals surface area contributed by atoms with Crippen molar-refractivity contribution < 1.29 is 33.3 Å². The van der Waals surface area contributed by atoms with Crippen molar-refractivity contribution in [3.05, 3.63) is 46.9 Å². The first kappa shape index (κ1) is 33.6. The average molecular weight is 671 g/mol. The number of nitrogens with zero attached hydrogens (tertiary/aromatic N) is 1. The Kier molecular flexibility index (Phi) is 8.77. The summed E-state index contributed by atoms with van der Waals surface area (Å²) in [7, 11) is 0.0342. The van der Waals surface area contributed by atoms with E-state index >= 15 is 0 Å². The SMILES string of the molecule is CN(C)c1cccc2c(S(=O)(=O)NCCSC3=C4CC[C@@H]5[C@H]([C@@H](O)C[C@@]6(C)[C@H]5CC[C@]6(O)C(=O)CO)[C@@]4(C)CCC3=O)cccc12. The number of carbonyl (C=O) groups excluding carboxylic acids is 2. The molecule has 4 N–H and O–H groups in total. The van der Waals surface area contributed by atoms with Crippen molar-refractivity contribution in [3.63, 3.8) is 0 Å². The molecule has 6 rings (SSSR count). The molecule has 11 heteroatoms. The minimum atomic E-state index is -3.81. The first-order valence-electron chi connectivity index (χ1n) is 16.3. The lowest BCUT2D eigenvalue weighted by Gasteiger charge is -2.60. The van der Waals surface area contributed by atoms with Gasteiger partial charge in [-0.25, -0.2) is 13.1 Å². The Balaban J connectivity index is 1.20. The molecule has 250 valence electrons. The fraction of sp³-hybridized carbons (Fsp3) is 0.600. The molecule has 0 saturated heterocycles. The van der Waals surface area contributed by atoms with Crippen LogP contribution >= 0.6 is 11.8 Å². The Morgan fingerprint density at radius 1 is 1.07 bits per heavy atom. The van der Waals surface area contributed by atoms with E-state index in [4.69, 9.17) is 0 Å². The third-order valence-corrected chi connectivity index (χ3v) is 14.7. The molecule has 3 saturated carbocycles. The normalized spacial score (nSPS) is 34.3. The number of aliphatic hydroxyl groups is 3. The molecule has 7 atom stereocenters. The van der Waals surface area contributed by atoms with E-state index in [0.717, 1.165) is 23.1 Å². The zero-order valence-corrected chi connectivity index (χ0v) is 28.7. The summed E-state index contributed by atoms with van der Waals surface area (Å²) in [5.74, 6) is -0.0957. The van der Waals surface area contributed by atoms with Gasteiger partial charge < -0.3 is 20.2 Å². The minimum absolute atomic E-state index is 0.0331. The van der Waals surface area contributed by atoms with Crippen molar-refractivity contribution >= 4 is 49.8 Å². The van der Waals surface area contributed by atoms with Gasteiger partial charge in [0.1, 0.15) is 12.2 Å². The van der Waals surface area contributed by atoms with E-state index in [1.54, 1.807) is 12.1 Å². The van der Waals surface area contributed by atoms with E-state index in [0.29, 0.717) is 41.7 Å². The maximum Gasteiger partial charge on any atom is 0.241 e. The Morgan fingerprint density at radius 3 is 2.50 bits per heavy atom. The quantitative estimate of drug-likeness (QED) is 0.291. The number of fused-ring (bicyclic) bond motifs is 6. The van der Waals surface area contributed by atoms with Crippen LogP contribution in [-0.4, -0.2) is 80.0 Å². The molecular weight excluding hydrogens is 625 g/mol. The number of benzene rings is 2. The number of ketones is 2. The standard InChI is InChI=1S/C35H46N2O7S2/c1-33-15-14-27(39)32(45-18-17-36-46(43,44)29-10-6-7-21-22(29)8-5-9-26(21)37(3)4)25(33)12-11-23-24-13-16-35(42,30(41)20-38)34(24,2)19-28(40)31(23)33/h5-10,23-24,28,31,36,38,40,42H,11-20H2,1-4H3/t23-,24-,28-,31+,33-,34-,35-/m0/s1. The predicted molar refractivity (Wildman–Crippen MR) is 180 cm³/mol. The summed E-state index contributed by atoms with van der Waals surface area (Å²) >= 11 is 1.40. The first-order chi connectivity index (χ1) is 21.7. The minimum Gasteiger partial charge on any atom is -0.393 e. The van der Waals surface area contributed by atoms with Crippen molar-refractivity contribution in [2.45, 2.75) is 75.4 Å². The third kappa shape index (κ3) is 5.08. The largest absolute Gasteiger partial charge is 0.393 e. The first-order valence-corrected chi connectivity index (χ1v) is 18.8. The zero-order valence-electron chi connectivity index (χ0n) is 27.1. The number of allylic oxidation sites excluding steroid dienone is 1. The van der Waals surface area contributed by atoms with Crippen LogP contribution < -0.4 is 9.62 Å². The lowest BCUT2D eigenvalue weighted by Crippen LogP contribution is -2.62. The summed E-state index contributed by atoms with van der Waals surface area (Å²) in [4.78, 5) is 28.9. The molecule has 4 aliphatic carbocycles. The molecule has 3 fully saturated rings. The molecule has 0 unspecified atom stereocenters. The van der Waals surface area contributed by atoms with E-state index in [1.807, 2.05) is 50.2 Å². The van der Waals surface area contributed by atoms with Crippen molar-refractivity contribution in [1.82, 2.24) is 4.72 Å². The summed E-state index contributed by atoms with van der Waals surface area (Å²) < 4.78 is 29.6. The van der Waals surface area contributed by atoms with E-state index in [-0.39, 0.29) is 47.8 Å². The van der Waals surface area contributed by atoms with Gasteiger partial charge >= 0.3 is 0 Å². The molecule has 4 aliphatic rings. The molecule has 2 aromatic carbocycles. The number of aliphatic hydroxyl groups excluding tert-OH is 2. The maximum atomic E-state index is 13.4. The van der Waals surface area contributed by atoms with Crippen molar-refractivity contribution in [1.29, 1.82) is 0 Å². The highest BCUT2D eigenvalue weighted by atomic mass is 32.2. The number of rotatable bonds is 9. The summed E-state index contributed by atoms with van der Waals surface area (Å²) in [6, 6.07) is 10.9. The monoisotopic (exact) mass is 670 g/mol. The van der Waals surface area contributed by atoms with Gasteiger partial charge in [0.15, 0.2) is 11.6 Å². The van der Waals surface area contributed by atoms with Crippen LogP contribution in [0.25, 0.3) is 10.8 Å². The van der Waals surface area contributed by atoms with Gasteiger partial charge in [0.05, 0.1) is 15.9 Å². The number of Topliss-reactive ketones (excluding diaryl/α,β-unsaturated/α-hetero) is 2. The number of thioether (sulfide) groups is 1. The highest BCUT2D eigenvalue weighted by Crippen LogP contribution is 2.68. The lowest BCUT2D eigenvalue weighted by atomic mass is 9.45. The van der Waals surface area contributed by atoms with Gasteiger partial charge in [-0.1, -0.05) is 38.1 Å². The smallest absolute Gasteiger partial charge is 0.241 e. The number of nitrogens with one attached hydrogen (secondary N) is 1. The van der Waals surface area contributed by atoms with Gasteiger partial charge in [0.25, 0.3) is 0 Å². The van der Waals surface area contributed by atoms with Crippen molar-refractivity contribution in [2.75, 3.05) is 37.9 Å². The lowest BCUT2D eigenvalue weighted by molar-refractivity contribution is -0.182. The molecule has 2 aromatic rings. The highest BCUT2D eigenvalue weighted by Gasteiger charge is 2.68. The molecule has 0 heterocycles. The summed E-state index contributed by atoms with van der Waals surface area (Å²) in [5, 5.41) is 34.3. The molecule has 0 amide bonds. The number of carbonyl (C=O) groups is 2. The van der Waals surface area contributed by atoms with Crippen LogP contribution in [0.3, 0.4) is 0 Å². The number of sulfonamides is 1. The zero-order chi connectivity index (χ0) is 33.2. The van der Waals surface area contributed by atoms with Crippen molar-refractivity contribution in [2.24, 2.45) is 28.6 Å². The molecular formula is C35H46N2O7S2. The Labute approximate surface area is 275 Å². The molecule has 0 spiro atoms. The van der Waals surface area contributed by atoms with E-state index < -0.39 is 44.9 Å². The maximum absolute atomic E-state index is 13.4. The second-order valence-electron chi connectivity index (χ2n) is 14.4. The Hall–Kier alpha value is -2.28. The Bertz CT molecular complexity index is 1710. The van der Waals surface area contributed by atoms with Crippen molar-refractivity contribution in [3.8, 4) is 0 Å². The van der Waals surface area contributed by atoms with Crippen LogP contribution in [0.1, 0.15) is 58.8 Å². The average Bonchev–Trinajstić information content (AvgIpc) is 3.29. The van der Waals surface area contributed by atoms with Gasteiger partial charge in [0, 0.05) is 54.7 Å². The van der Waals surface area contributed by atoms with Gasteiger partial charge in [0.2, 0.25) is 10.0 Å². The number of hydrogen-bond acceptors (Lipinski definition) is 9. The second kappa shape index (κ2) is 12.0. The summed E-state index contributed by atoms with van der Waals surface area (Å²) in [6.45, 7) is 3.50. The predicted octanol–water partition coefficient (Wildman–Crippen LogP) is 4.04. The summed E-state index contributed by atoms with van der Waals surface area (Å²) in [5.41, 5.74) is -0.878. The van der Waals surface area contributed by atoms with Gasteiger partial charge in [-0.15, -0.1) is 11.8 Å². The van der Waals surface area contributed by atoms with Crippen LogP contribution in [0.2, 0.25) is 0 Å². The van der Waals surface area contributed by atoms with Crippen LogP contribution in [0.15, 0.2) is 51.8 Å². The molecule has 46 heavy (non-hydrogen) atoms. The van der Waals surface area contributed by atoms with E-state index in [1.165, 1.54) is 11.8 Å². The summed E-state index contributed by atoms with van der Waals surface area (Å²) in [6.07, 6.45) is 2.89. The second-order valence-corrected chi connectivity index (χ2v) is 17.3. The van der Waals surface area contributed by atoms with Gasteiger partial charge in [-0.05, 0) is 79.4 Å². The molecule has 0 bridgehead atoms. The van der Waals surface area contributed by atoms with Gasteiger partial charge in [-0.3, -0.25) is 9.59 Å². The van der Waals surface area contributed by atoms with Crippen LogP contribution in [0.4, 0.5) is 5.69 Å². The van der Waals surface area contributed by atoms with Crippen LogP contribution in [0, 0.1) is 28.6 Å².